The molecule has 3 rings (SSSR count). The van der Waals surface area contributed by atoms with Gasteiger partial charge in [0.1, 0.15) is 23.7 Å². The summed E-state index contributed by atoms with van der Waals surface area (Å²) in [5.41, 5.74) is 1.22. The van der Waals surface area contributed by atoms with E-state index in [4.69, 9.17) is 9.47 Å². The lowest BCUT2D eigenvalue weighted by Crippen LogP contribution is -2.40. The number of nitrogens with zero attached hydrogens (tertiary/aromatic N) is 3. The highest BCUT2D eigenvalue weighted by Gasteiger charge is 2.24. The zero-order valence-electron chi connectivity index (χ0n) is 14.4. The van der Waals surface area contributed by atoms with Gasteiger partial charge < -0.3 is 14.4 Å². The Hall–Kier alpha value is -2.41. The van der Waals surface area contributed by atoms with E-state index in [2.05, 4.69) is 14.9 Å². The van der Waals surface area contributed by atoms with Gasteiger partial charge in [-0.1, -0.05) is 28.5 Å². The van der Waals surface area contributed by atoms with E-state index in [9.17, 15) is 4.79 Å². The summed E-state index contributed by atoms with van der Waals surface area (Å²) in [6.45, 7) is 4.04. The van der Waals surface area contributed by atoms with Gasteiger partial charge in [-0.3, -0.25) is 4.79 Å². The van der Waals surface area contributed by atoms with Crippen LogP contribution >= 0.6 is 0 Å². The average molecular weight is 345 g/mol. The van der Waals surface area contributed by atoms with E-state index in [1.54, 1.807) is 11.8 Å². The highest BCUT2D eigenvalue weighted by atomic mass is 16.6. The Morgan fingerprint density at radius 1 is 1.32 bits per heavy atom. The third-order valence-electron chi connectivity index (χ3n) is 4.24. The standard InChI is InChI=1S/C18H23N3O4/c1-14-17(20-25-19-14)12-18(22)21(13-16-8-5-10-23-16)9-11-24-15-6-3-2-4-7-15/h2-4,6-7,16H,5,8-13H2,1H3. The van der Waals surface area contributed by atoms with E-state index < -0.39 is 0 Å². The molecule has 25 heavy (non-hydrogen) atoms. The van der Waals surface area contributed by atoms with E-state index in [-0.39, 0.29) is 18.4 Å². The molecule has 1 aliphatic rings. The number of rotatable bonds is 8. The van der Waals surface area contributed by atoms with Crippen LogP contribution in [-0.2, 0) is 16.0 Å². The fourth-order valence-corrected chi connectivity index (χ4v) is 2.81. The van der Waals surface area contributed by atoms with E-state index in [0.717, 1.165) is 25.2 Å². The number of aromatic nitrogens is 2. The molecule has 1 saturated heterocycles. The van der Waals surface area contributed by atoms with Crippen LogP contribution in [0, 0.1) is 6.92 Å². The van der Waals surface area contributed by atoms with Crippen LogP contribution in [0.25, 0.3) is 0 Å². The summed E-state index contributed by atoms with van der Waals surface area (Å²) in [7, 11) is 0. The highest BCUT2D eigenvalue weighted by Crippen LogP contribution is 2.15. The summed E-state index contributed by atoms with van der Waals surface area (Å²) in [6, 6.07) is 9.58. The van der Waals surface area contributed by atoms with Crippen LogP contribution in [0.3, 0.4) is 0 Å². The molecule has 7 nitrogen and oxygen atoms in total. The number of carbonyl (C=O) groups excluding carboxylic acids is 1. The van der Waals surface area contributed by atoms with Crippen LogP contribution in [0.2, 0.25) is 0 Å². The molecular weight excluding hydrogens is 322 g/mol. The van der Waals surface area contributed by atoms with Gasteiger partial charge in [0.15, 0.2) is 0 Å². The van der Waals surface area contributed by atoms with Crippen molar-refractivity contribution in [2.45, 2.75) is 32.3 Å². The summed E-state index contributed by atoms with van der Waals surface area (Å²) in [5.74, 6) is 0.773. The van der Waals surface area contributed by atoms with Crippen molar-refractivity contribution in [1.29, 1.82) is 0 Å². The molecule has 1 unspecified atom stereocenters. The first kappa shape index (κ1) is 17.4. The lowest BCUT2D eigenvalue weighted by Gasteiger charge is -2.25. The van der Waals surface area contributed by atoms with Gasteiger partial charge in [-0.2, -0.15) is 0 Å². The second kappa shape index (κ2) is 8.62. The first-order valence-corrected chi connectivity index (χ1v) is 8.57. The van der Waals surface area contributed by atoms with Gasteiger partial charge in [0.2, 0.25) is 5.91 Å². The Bertz CT molecular complexity index is 668. The van der Waals surface area contributed by atoms with Crippen molar-refractivity contribution in [3.8, 4) is 5.75 Å². The van der Waals surface area contributed by atoms with Crippen LogP contribution in [0.4, 0.5) is 0 Å². The van der Waals surface area contributed by atoms with E-state index in [1.165, 1.54) is 0 Å². The first-order valence-electron chi connectivity index (χ1n) is 8.57. The smallest absolute Gasteiger partial charge is 0.229 e. The molecule has 0 spiro atoms. The highest BCUT2D eigenvalue weighted by molar-refractivity contribution is 5.78. The fraction of sp³-hybridized carbons (Fsp3) is 0.500. The quantitative estimate of drug-likeness (QED) is 0.728. The molecule has 134 valence electrons. The predicted molar refractivity (Wildman–Crippen MR) is 90.2 cm³/mol. The van der Waals surface area contributed by atoms with Crippen LogP contribution in [0.15, 0.2) is 35.0 Å². The predicted octanol–water partition coefficient (Wildman–Crippen LogP) is 2.01. The monoisotopic (exact) mass is 345 g/mol. The van der Waals surface area contributed by atoms with E-state index >= 15 is 0 Å². The summed E-state index contributed by atoms with van der Waals surface area (Å²) in [6.07, 6.45) is 2.29. The van der Waals surface area contributed by atoms with Gasteiger partial charge in [0, 0.05) is 13.2 Å². The molecule has 7 heteroatoms. The Morgan fingerprint density at radius 2 is 2.16 bits per heavy atom. The second-order valence-electron chi connectivity index (χ2n) is 6.11. The molecule has 1 amide bonds. The van der Waals surface area contributed by atoms with Crippen molar-refractivity contribution in [2.24, 2.45) is 0 Å². The number of amides is 1. The van der Waals surface area contributed by atoms with E-state index in [0.29, 0.717) is 31.1 Å². The molecule has 0 radical (unpaired) electrons. The zero-order chi connectivity index (χ0) is 17.5. The van der Waals surface area contributed by atoms with Crippen LogP contribution < -0.4 is 4.74 Å². The molecule has 0 saturated carbocycles. The molecule has 0 aliphatic carbocycles. The largest absolute Gasteiger partial charge is 0.492 e. The van der Waals surface area contributed by atoms with Crippen molar-refractivity contribution in [2.75, 3.05) is 26.3 Å². The van der Waals surface area contributed by atoms with Crippen molar-refractivity contribution in [1.82, 2.24) is 15.2 Å². The minimum absolute atomic E-state index is 0.0223. The summed E-state index contributed by atoms with van der Waals surface area (Å²) in [4.78, 5) is 14.5. The Kier molecular flexibility index (Phi) is 6.00. The summed E-state index contributed by atoms with van der Waals surface area (Å²) in [5, 5.41) is 7.53. The van der Waals surface area contributed by atoms with Crippen LogP contribution in [0.1, 0.15) is 24.2 Å². The van der Waals surface area contributed by atoms with Gasteiger partial charge in [0.25, 0.3) is 0 Å². The van der Waals surface area contributed by atoms with Gasteiger partial charge in [-0.05, 0) is 31.9 Å². The Morgan fingerprint density at radius 3 is 2.84 bits per heavy atom. The third kappa shape index (κ3) is 5.03. The maximum absolute atomic E-state index is 12.7. The topological polar surface area (TPSA) is 77.7 Å². The van der Waals surface area contributed by atoms with Crippen LogP contribution in [0.5, 0.6) is 5.75 Å². The minimum Gasteiger partial charge on any atom is -0.492 e. The maximum atomic E-state index is 12.7. The van der Waals surface area contributed by atoms with Crippen molar-refractivity contribution in [3.05, 3.63) is 41.7 Å². The molecule has 0 N–H and O–H groups in total. The fourth-order valence-electron chi connectivity index (χ4n) is 2.81. The molecule has 1 atom stereocenters. The second-order valence-corrected chi connectivity index (χ2v) is 6.11. The number of carbonyl (C=O) groups is 1. The molecular formula is C18H23N3O4. The first-order chi connectivity index (χ1) is 12.2. The summed E-state index contributed by atoms with van der Waals surface area (Å²) < 4.78 is 16.1. The molecule has 1 aliphatic heterocycles. The normalized spacial score (nSPS) is 16.8. The number of benzene rings is 1. The molecule has 1 aromatic heterocycles. The average Bonchev–Trinajstić information content (AvgIpc) is 3.27. The SMILES string of the molecule is Cc1nonc1CC(=O)N(CCOc1ccccc1)CC1CCCO1. The molecule has 2 heterocycles. The molecule has 1 aromatic carbocycles. The van der Waals surface area contributed by atoms with Crippen molar-refractivity contribution >= 4 is 5.91 Å². The lowest BCUT2D eigenvalue weighted by atomic mass is 10.2. The van der Waals surface area contributed by atoms with Gasteiger partial charge >= 0.3 is 0 Å². The number of para-hydroxylation sites is 1. The lowest BCUT2D eigenvalue weighted by molar-refractivity contribution is -0.132. The van der Waals surface area contributed by atoms with E-state index in [1.807, 2.05) is 30.3 Å². The number of ether oxygens (including phenoxy) is 2. The number of hydrogen-bond donors (Lipinski definition) is 0. The molecule has 0 bridgehead atoms. The third-order valence-corrected chi connectivity index (χ3v) is 4.24. The van der Waals surface area contributed by atoms with Crippen LogP contribution in [-0.4, -0.2) is 53.5 Å². The van der Waals surface area contributed by atoms with Crippen molar-refractivity contribution in [3.63, 3.8) is 0 Å². The molecule has 2 aromatic rings. The molecule has 1 fully saturated rings. The van der Waals surface area contributed by atoms with Gasteiger partial charge in [-0.25, -0.2) is 4.63 Å². The van der Waals surface area contributed by atoms with Gasteiger partial charge in [-0.15, -0.1) is 0 Å². The van der Waals surface area contributed by atoms with Gasteiger partial charge in [0.05, 0.1) is 19.1 Å². The summed E-state index contributed by atoms with van der Waals surface area (Å²) >= 11 is 0. The Labute approximate surface area is 146 Å². The number of hydrogen-bond acceptors (Lipinski definition) is 6. The van der Waals surface area contributed by atoms with Crippen molar-refractivity contribution < 1.29 is 18.9 Å². The maximum Gasteiger partial charge on any atom is 0.229 e. The zero-order valence-corrected chi connectivity index (χ0v) is 14.4. The minimum atomic E-state index is -0.0223. The number of aryl methyl sites for hydroxylation is 1. The Balaban J connectivity index is 1.57.